The predicted molar refractivity (Wildman–Crippen MR) is 87.1 cm³/mol. The Kier molecular flexibility index (Phi) is 5.18. The molecule has 0 aliphatic heterocycles. The van der Waals surface area contributed by atoms with Gasteiger partial charge in [0.2, 0.25) is 5.88 Å². The number of pyridine rings is 1. The van der Waals surface area contributed by atoms with Gasteiger partial charge in [0.1, 0.15) is 0 Å². The van der Waals surface area contributed by atoms with E-state index in [0.717, 1.165) is 11.1 Å². The van der Waals surface area contributed by atoms with Crippen LogP contribution in [0.3, 0.4) is 0 Å². The van der Waals surface area contributed by atoms with Crippen molar-refractivity contribution >= 4 is 49.1 Å². The zero-order chi connectivity index (χ0) is 15.6. The lowest BCUT2D eigenvalue weighted by atomic mass is 10.2. The minimum Gasteiger partial charge on any atom is -0.436 e. The lowest BCUT2D eigenvalue weighted by Gasteiger charge is -2.11. The van der Waals surface area contributed by atoms with Gasteiger partial charge in [-0.05, 0) is 50.4 Å². The minimum absolute atomic E-state index is 0.0386. The third-order valence-electron chi connectivity index (χ3n) is 2.63. The number of aromatic nitrogens is 1. The van der Waals surface area contributed by atoms with E-state index in [1.165, 1.54) is 12.1 Å². The Balaban J connectivity index is 2.38. The van der Waals surface area contributed by atoms with Crippen LogP contribution in [0.2, 0.25) is 0 Å². The van der Waals surface area contributed by atoms with Crippen molar-refractivity contribution in [2.24, 2.45) is 0 Å². The van der Waals surface area contributed by atoms with Gasteiger partial charge in [-0.1, -0.05) is 0 Å². The van der Waals surface area contributed by atoms with E-state index >= 15 is 0 Å². The lowest BCUT2D eigenvalue weighted by Crippen LogP contribution is -1.96. The standard InChI is InChI=1S/C13H9Br2ClN2O3/c1-7-2-8(5-16)6-17-13(7)21-12-10(14)3-9(18(19)20)4-11(12)15/h2-4,6H,5H2,1H3. The number of nitro benzene ring substituents is 1. The first-order chi connectivity index (χ1) is 9.92. The summed E-state index contributed by atoms with van der Waals surface area (Å²) < 4.78 is 6.66. The molecule has 110 valence electrons. The summed E-state index contributed by atoms with van der Waals surface area (Å²) in [5.41, 5.74) is 1.68. The summed E-state index contributed by atoms with van der Waals surface area (Å²) in [5.74, 6) is 1.22. The number of rotatable bonds is 4. The van der Waals surface area contributed by atoms with E-state index in [2.05, 4.69) is 36.8 Å². The van der Waals surface area contributed by atoms with Crippen LogP contribution in [0.4, 0.5) is 5.69 Å². The first-order valence-electron chi connectivity index (χ1n) is 5.75. The molecule has 0 amide bonds. The number of nitrogens with zero attached hydrogens (tertiary/aromatic N) is 2. The van der Waals surface area contributed by atoms with Crippen LogP contribution < -0.4 is 4.74 Å². The van der Waals surface area contributed by atoms with E-state index in [-0.39, 0.29) is 5.69 Å². The van der Waals surface area contributed by atoms with Crippen LogP contribution >= 0.6 is 43.5 Å². The van der Waals surface area contributed by atoms with Crippen LogP contribution in [-0.4, -0.2) is 9.91 Å². The Morgan fingerprint density at radius 2 is 1.95 bits per heavy atom. The quantitative estimate of drug-likeness (QED) is 0.368. The molecule has 0 saturated carbocycles. The molecule has 1 aromatic heterocycles. The van der Waals surface area contributed by atoms with Gasteiger partial charge in [0, 0.05) is 29.8 Å². The van der Waals surface area contributed by atoms with Gasteiger partial charge in [-0.15, -0.1) is 11.6 Å². The Morgan fingerprint density at radius 1 is 1.33 bits per heavy atom. The Hall–Kier alpha value is -1.18. The number of benzene rings is 1. The normalized spacial score (nSPS) is 10.5. The number of hydrogen-bond donors (Lipinski definition) is 0. The number of ether oxygens (including phenoxy) is 1. The summed E-state index contributed by atoms with van der Waals surface area (Å²) in [6, 6.07) is 4.63. The molecule has 0 atom stereocenters. The second kappa shape index (κ2) is 6.72. The van der Waals surface area contributed by atoms with E-state index in [0.29, 0.717) is 26.5 Å². The van der Waals surface area contributed by atoms with Crippen molar-refractivity contribution < 1.29 is 9.66 Å². The molecule has 0 fully saturated rings. The van der Waals surface area contributed by atoms with Gasteiger partial charge in [0.25, 0.3) is 5.69 Å². The van der Waals surface area contributed by atoms with E-state index in [4.69, 9.17) is 16.3 Å². The lowest BCUT2D eigenvalue weighted by molar-refractivity contribution is -0.385. The summed E-state index contributed by atoms with van der Waals surface area (Å²) in [5, 5.41) is 10.8. The molecule has 0 aliphatic rings. The van der Waals surface area contributed by atoms with Crippen LogP contribution in [0.25, 0.3) is 0 Å². The van der Waals surface area contributed by atoms with Crippen molar-refractivity contribution in [1.82, 2.24) is 4.98 Å². The van der Waals surface area contributed by atoms with Crippen LogP contribution in [0.5, 0.6) is 11.6 Å². The molecule has 2 rings (SSSR count). The fourth-order valence-electron chi connectivity index (χ4n) is 1.65. The van der Waals surface area contributed by atoms with Crippen LogP contribution in [0.15, 0.2) is 33.3 Å². The number of halogens is 3. The summed E-state index contributed by atoms with van der Waals surface area (Å²) in [7, 11) is 0. The third-order valence-corrected chi connectivity index (χ3v) is 4.12. The van der Waals surface area contributed by atoms with Crippen molar-refractivity contribution in [2.45, 2.75) is 12.8 Å². The summed E-state index contributed by atoms with van der Waals surface area (Å²) in [4.78, 5) is 14.5. The molecule has 0 spiro atoms. The largest absolute Gasteiger partial charge is 0.436 e. The monoisotopic (exact) mass is 434 g/mol. The highest BCUT2D eigenvalue weighted by molar-refractivity contribution is 9.11. The van der Waals surface area contributed by atoms with Gasteiger partial charge in [-0.2, -0.15) is 0 Å². The molecule has 0 aliphatic carbocycles. The Bertz CT molecular complexity index is 687. The number of non-ortho nitro benzene ring substituents is 1. The summed E-state index contributed by atoms with van der Waals surface area (Å²) in [6.45, 7) is 1.85. The average Bonchev–Trinajstić information content (AvgIpc) is 2.43. The van der Waals surface area contributed by atoms with Gasteiger partial charge in [0.05, 0.1) is 13.9 Å². The molecule has 5 nitrogen and oxygen atoms in total. The van der Waals surface area contributed by atoms with Crippen molar-refractivity contribution in [3.8, 4) is 11.6 Å². The van der Waals surface area contributed by atoms with Crippen LogP contribution in [-0.2, 0) is 5.88 Å². The molecule has 1 aromatic carbocycles. The first-order valence-corrected chi connectivity index (χ1v) is 7.87. The fourth-order valence-corrected chi connectivity index (χ4v) is 3.12. The molecular formula is C13H9Br2ClN2O3. The molecule has 0 unspecified atom stereocenters. The van der Waals surface area contributed by atoms with Gasteiger partial charge in [-0.25, -0.2) is 4.98 Å². The average molecular weight is 436 g/mol. The summed E-state index contributed by atoms with van der Waals surface area (Å²) in [6.07, 6.45) is 1.63. The zero-order valence-electron chi connectivity index (χ0n) is 10.8. The Morgan fingerprint density at radius 3 is 2.43 bits per heavy atom. The predicted octanol–water partition coefficient (Wildman–Crippen LogP) is 5.35. The molecule has 0 bridgehead atoms. The van der Waals surface area contributed by atoms with Crippen molar-refractivity contribution in [3.05, 3.63) is 54.6 Å². The molecule has 1 heterocycles. The molecule has 0 N–H and O–H groups in total. The SMILES string of the molecule is Cc1cc(CCl)cnc1Oc1c(Br)cc([N+](=O)[O-])cc1Br. The molecular weight excluding hydrogens is 427 g/mol. The smallest absolute Gasteiger partial charge is 0.271 e. The highest BCUT2D eigenvalue weighted by Crippen LogP contribution is 2.39. The molecule has 2 aromatic rings. The molecule has 0 saturated heterocycles. The Labute approximate surface area is 142 Å². The van der Waals surface area contributed by atoms with Gasteiger partial charge in [0.15, 0.2) is 5.75 Å². The first kappa shape index (κ1) is 16.2. The van der Waals surface area contributed by atoms with Crippen LogP contribution in [0.1, 0.15) is 11.1 Å². The molecule has 0 radical (unpaired) electrons. The second-order valence-electron chi connectivity index (χ2n) is 4.20. The molecule has 21 heavy (non-hydrogen) atoms. The highest BCUT2D eigenvalue weighted by atomic mass is 79.9. The number of hydrogen-bond acceptors (Lipinski definition) is 4. The maximum atomic E-state index is 10.8. The van der Waals surface area contributed by atoms with Crippen molar-refractivity contribution in [1.29, 1.82) is 0 Å². The van der Waals surface area contributed by atoms with E-state index in [1.807, 2.05) is 13.0 Å². The van der Waals surface area contributed by atoms with Gasteiger partial charge < -0.3 is 4.74 Å². The van der Waals surface area contributed by atoms with Crippen molar-refractivity contribution in [2.75, 3.05) is 0 Å². The molecule has 8 heteroatoms. The number of alkyl halides is 1. The summed E-state index contributed by atoms with van der Waals surface area (Å²) >= 11 is 12.3. The second-order valence-corrected chi connectivity index (χ2v) is 6.17. The van der Waals surface area contributed by atoms with Gasteiger partial charge in [-0.3, -0.25) is 10.1 Å². The van der Waals surface area contributed by atoms with Gasteiger partial charge >= 0.3 is 0 Å². The number of aryl methyl sites for hydroxylation is 1. The van der Waals surface area contributed by atoms with Crippen molar-refractivity contribution in [3.63, 3.8) is 0 Å². The topological polar surface area (TPSA) is 65.3 Å². The highest BCUT2D eigenvalue weighted by Gasteiger charge is 2.17. The third kappa shape index (κ3) is 3.72. The van der Waals surface area contributed by atoms with E-state index < -0.39 is 4.92 Å². The minimum atomic E-state index is -0.474. The zero-order valence-corrected chi connectivity index (χ0v) is 14.7. The van der Waals surface area contributed by atoms with Crippen LogP contribution in [0, 0.1) is 17.0 Å². The number of nitro groups is 1. The maximum absolute atomic E-state index is 10.8. The maximum Gasteiger partial charge on any atom is 0.271 e. The van der Waals surface area contributed by atoms with E-state index in [1.54, 1.807) is 6.20 Å². The van der Waals surface area contributed by atoms with E-state index in [9.17, 15) is 10.1 Å². The fraction of sp³-hybridized carbons (Fsp3) is 0.154.